The molecule has 0 aliphatic heterocycles. The second-order valence-electron chi connectivity index (χ2n) is 6.78. The van der Waals surface area contributed by atoms with Gasteiger partial charge in [-0.3, -0.25) is 4.79 Å². The summed E-state index contributed by atoms with van der Waals surface area (Å²) in [5, 5.41) is 0. The third-order valence-electron chi connectivity index (χ3n) is 4.47. The van der Waals surface area contributed by atoms with Crippen molar-refractivity contribution < 1.29 is 9.15 Å². The summed E-state index contributed by atoms with van der Waals surface area (Å²) >= 11 is 0. The Balaban J connectivity index is 1.51. The van der Waals surface area contributed by atoms with Gasteiger partial charge in [0.05, 0.1) is 6.20 Å². The second-order valence-corrected chi connectivity index (χ2v) is 6.78. The lowest BCUT2D eigenvalue weighted by Crippen LogP contribution is -2.25. The van der Waals surface area contributed by atoms with Gasteiger partial charge in [0.2, 0.25) is 5.89 Å². The highest BCUT2D eigenvalue weighted by Gasteiger charge is 2.20. The van der Waals surface area contributed by atoms with Crippen LogP contribution in [0.3, 0.4) is 0 Å². The van der Waals surface area contributed by atoms with Crippen LogP contribution in [-0.4, -0.2) is 19.5 Å². The van der Waals surface area contributed by atoms with Crippen LogP contribution in [0.1, 0.15) is 49.0 Å². The summed E-state index contributed by atoms with van der Waals surface area (Å²) in [4.78, 5) is 25.2. The minimum absolute atomic E-state index is 0.194. The van der Waals surface area contributed by atoms with Crippen LogP contribution in [0, 0.1) is 24.7 Å². The largest absolute Gasteiger partial charge is 0.485 e. The molecule has 1 fully saturated rings. The predicted molar refractivity (Wildman–Crippen MR) is 102 cm³/mol. The van der Waals surface area contributed by atoms with Crippen molar-refractivity contribution in [2.45, 2.75) is 39.3 Å². The third-order valence-corrected chi connectivity index (χ3v) is 4.47. The predicted octanol–water partition coefficient (Wildman–Crippen LogP) is 2.88. The number of nitrogens with zero attached hydrogens (tertiary/aromatic N) is 4. The van der Waals surface area contributed by atoms with Gasteiger partial charge < -0.3 is 13.7 Å². The Morgan fingerprint density at radius 1 is 1.29 bits per heavy atom. The lowest BCUT2D eigenvalue weighted by atomic mass is 10.2. The first kappa shape index (κ1) is 18.0. The highest BCUT2D eigenvalue weighted by Crippen LogP contribution is 2.27. The fourth-order valence-corrected chi connectivity index (χ4v) is 2.86. The van der Waals surface area contributed by atoms with Gasteiger partial charge >= 0.3 is 0 Å². The molecule has 1 aliphatic carbocycles. The summed E-state index contributed by atoms with van der Waals surface area (Å²) in [6, 6.07) is 4.64. The Labute approximate surface area is 162 Å². The molecule has 0 spiro atoms. The maximum Gasteiger partial charge on any atom is 0.255 e. The SMILES string of the molecule is Cc1cc(OCc2ncccn2)cc(=O)n1[C@H](C)c1ncc(C#CC2CC2)o1. The van der Waals surface area contributed by atoms with Crippen molar-refractivity contribution in [3.63, 3.8) is 0 Å². The zero-order chi connectivity index (χ0) is 19.5. The van der Waals surface area contributed by atoms with Crippen molar-refractivity contribution in [2.24, 2.45) is 5.92 Å². The van der Waals surface area contributed by atoms with Crippen LogP contribution in [0.5, 0.6) is 5.75 Å². The minimum Gasteiger partial charge on any atom is -0.485 e. The van der Waals surface area contributed by atoms with Crippen LogP contribution < -0.4 is 10.3 Å². The molecule has 1 aliphatic rings. The monoisotopic (exact) mass is 376 g/mol. The molecule has 28 heavy (non-hydrogen) atoms. The summed E-state index contributed by atoms with van der Waals surface area (Å²) in [6.45, 7) is 3.92. The van der Waals surface area contributed by atoms with Crippen LogP contribution >= 0.6 is 0 Å². The zero-order valence-electron chi connectivity index (χ0n) is 15.8. The van der Waals surface area contributed by atoms with Crippen LogP contribution in [-0.2, 0) is 6.61 Å². The average Bonchev–Trinajstić information content (AvgIpc) is 3.40. The Morgan fingerprint density at radius 2 is 2.07 bits per heavy atom. The van der Waals surface area contributed by atoms with Crippen LogP contribution in [0.4, 0.5) is 0 Å². The average molecular weight is 376 g/mol. The topological polar surface area (TPSA) is 83.0 Å². The Bertz CT molecular complexity index is 1090. The normalized spacial score (nSPS) is 14.2. The number of ether oxygens (including phenoxy) is 1. The van der Waals surface area contributed by atoms with Gasteiger partial charge in [-0.05, 0) is 44.7 Å². The molecule has 0 bridgehead atoms. The van der Waals surface area contributed by atoms with Gasteiger partial charge in [-0.15, -0.1) is 0 Å². The van der Waals surface area contributed by atoms with Gasteiger partial charge in [-0.2, -0.15) is 0 Å². The molecule has 0 saturated heterocycles. The van der Waals surface area contributed by atoms with Gasteiger partial charge in [-0.25, -0.2) is 15.0 Å². The second kappa shape index (κ2) is 7.69. The molecule has 1 saturated carbocycles. The Kier molecular flexibility index (Phi) is 4.94. The fraction of sp³-hybridized carbons (Fsp3) is 0.333. The summed E-state index contributed by atoms with van der Waals surface area (Å²) in [6.07, 6.45) is 7.22. The number of rotatable bonds is 5. The molecule has 0 radical (unpaired) electrons. The van der Waals surface area contributed by atoms with Gasteiger partial charge in [0, 0.05) is 30.1 Å². The molecule has 0 aromatic carbocycles. The molecule has 142 valence electrons. The molecular formula is C21H20N4O3. The molecule has 4 rings (SSSR count). The molecular weight excluding hydrogens is 356 g/mol. The molecule has 3 heterocycles. The molecule has 3 aromatic heterocycles. The zero-order valence-corrected chi connectivity index (χ0v) is 15.8. The van der Waals surface area contributed by atoms with E-state index in [1.807, 2.05) is 13.8 Å². The number of hydrogen-bond acceptors (Lipinski definition) is 6. The van der Waals surface area contributed by atoms with Crippen LogP contribution in [0.15, 0.2) is 46.0 Å². The van der Waals surface area contributed by atoms with Crippen molar-refractivity contribution in [3.8, 4) is 17.6 Å². The van der Waals surface area contributed by atoms with E-state index in [1.165, 1.54) is 6.07 Å². The van der Waals surface area contributed by atoms with Crippen molar-refractivity contribution in [1.29, 1.82) is 0 Å². The van der Waals surface area contributed by atoms with Gasteiger partial charge in [0.1, 0.15) is 18.4 Å². The molecule has 0 N–H and O–H groups in total. The van der Waals surface area contributed by atoms with Crippen molar-refractivity contribution in [3.05, 3.63) is 70.3 Å². The number of aromatic nitrogens is 4. The van der Waals surface area contributed by atoms with Gasteiger partial charge in [0.25, 0.3) is 5.56 Å². The first-order valence-corrected chi connectivity index (χ1v) is 9.19. The highest BCUT2D eigenvalue weighted by atomic mass is 16.5. The molecule has 7 nitrogen and oxygen atoms in total. The van der Waals surface area contributed by atoms with Crippen molar-refractivity contribution in [2.75, 3.05) is 0 Å². The van der Waals surface area contributed by atoms with Crippen molar-refractivity contribution >= 4 is 0 Å². The Hall–Kier alpha value is -3.40. The van der Waals surface area contributed by atoms with E-state index in [-0.39, 0.29) is 18.2 Å². The molecule has 3 aromatic rings. The number of pyridine rings is 1. The van der Waals surface area contributed by atoms with E-state index in [0.29, 0.717) is 29.1 Å². The lowest BCUT2D eigenvalue weighted by Gasteiger charge is -2.16. The third kappa shape index (κ3) is 4.12. The molecule has 1 atom stereocenters. The van der Waals surface area contributed by atoms with Crippen molar-refractivity contribution in [1.82, 2.24) is 19.5 Å². The highest BCUT2D eigenvalue weighted by molar-refractivity contribution is 5.27. The number of hydrogen-bond donors (Lipinski definition) is 0. The maximum atomic E-state index is 12.7. The summed E-state index contributed by atoms with van der Waals surface area (Å²) in [5.74, 6) is 8.65. The first-order valence-electron chi connectivity index (χ1n) is 9.19. The van der Waals surface area contributed by atoms with Crippen LogP contribution in [0.2, 0.25) is 0 Å². The summed E-state index contributed by atoms with van der Waals surface area (Å²) in [5.41, 5.74) is 0.549. The van der Waals surface area contributed by atoms with E-state index in [4.69, 9.17) is 9.15 Å². The maximum absolute atomic E-state index is 12.7. The van der Waals surface area contributed by atoms with E-state index < -0.39 is 0 Å². The van der Waals surface area contributed by atoms with E-state index >= 15 is 0 Å². The number of aryl methyl sites for hydroxylation is 1. The quantitative estimate of drug-likeness (QED) is 0.637. The molecule has 0 amide bonds. The standard InChI is InChI=1S/C21H20N4O3/c1-14-10-18(27-13-19-22-8-3-9-23-19)11-20(26)25(14)15(2)21-24-12-17(28-21)7-6-16-4-5-16/h3,8-12,15-16H,4-5,13H2,1-2H3/t15-/m1/s1. The molecule has 7 heteroatoms. The first-order chi connectivity index (χ1) is 13.6. The summed E-state index contributed by atoms with van der Waals surface area (Å²) < 4.78 is 13.0. The lowest BCUT2D eigenvalue weighted by molar-refractivity contribution is 0.293. The number of oxazole rings is 1. The smallest absolute Gasteiger partial charge is 0.255 e. The van der Waals surface area contributed by atoms with Gasteiger partial charge in [-0.1, -0.05) is 5.92 Å². The minimum atomic E-state index is -0.351. The molecule has 0 unspecified atom stereocenters. The van der Waals surface area contributed by atoms with E-state index in [9.17, 15) is 4.79 Å². The van der Waals surface area contributed by atoms with E-state index in [1.54, 1.807) is 35.3 Å². The van der Waals surface area contributed by atoms with E-state index in [2.05, 4.69) is 26.8 Å². The Morgan fingerprint density at radius 3 is 2.79 bits per heavy atom. The van der Waals surface area contributed by atoms with Crippen LogP contribution in [0.25, 0.3) is 0 Å². The summed E-state index contributed by atoms with van der Waals surface area (Å²) in [7, 11) is 0. The van der Waals surface area contributed by atoms with Gasteiger partial charge in [0.15, 0.2) is 11.6 Å². The van der Waals surface area contributed by atoms with E-state index in [0.717, 1.165) is 18.5 Å². The fourth-order valence-electron chi connectivity index (χ4n) is 2.86.